The van der Waals surface area contributed by atoms with E-state index in [9.17, 15) is 4.79 Å². The third kappa shape index (κ3) is 6.36. The number of ether oxygens (including phenoxy) is 2. The van der Waals surface area contributed by atoms with E-state index < -0.39 is 0 Å². The second kappa shape index (κ2) is 11.2. The van der Waals surface area contributed by atoms with Crippen LogP contribution in [0, 0.1) is 0 Å². The van der Waals surface area contributed by atoms with Crippen molar-refractivity contribution in [1.82, 2.24) is 10.2 Å². The van der Waals surface area contributed by atoms with Crippen molar-refractivity contribution in [2.24, 2.45) is 0 Å². The molecule has 0 aliphatic rings. The van der Waals surface area contributed by atoms with Gasteiger partial charge < -0.3 is 19.2 Å². The normalized spacial score (nSPS) is 10.8. The molecule has 164 valence electrons. The molecule has 6 heteroatoms. The zero-order chi connectivity index (χ0) is 22.1. The summed E-state index contributed by atoms with van der Waals surface area (Å²) in [5.74, 6) is 1.85. The second-order valence-electron chi connectivity index (χ2n) is 7.17. The number of nitrogens with zero attached hydrogens (tertiary/aromatic N) is 1. The van der Waals surface area contributed by atoms with E-state index in [0.717, 1.165) is 25.2 Å². The second-order valence-corrected chi connectivity index (χ2v) is 7.17. The molecule has 1 heterocycles. The topological polar surface area (TPSA) is 63.9 Å². The molecule has 2 aromatic carbocycles. The Morgan fingerprint density at radius 3 is 2.45 bits per heavy atom. The minimum absolute atomic E-state index is 0.209. The fourth-order valence-corrected chi connectivity index (χ4v) is 3.28. The molecule has 1 aromatic heterocycles. The number of methoxy groups -OCH3 is 1. The number of para-hydroxylation sites is 2. The maximum Gasteiger partial charge on any atom is 0.287 e. The van der Waals surface area contributed by atoms with Gasteiger partial charge in [0.2, 0.25) is 0 Å². The molecule has 0 aliphatic heterocycles. The fourth-order valence-electron chi connectivity index (χ4n) is 3.28. The third-order valence-electron chi connectivity index (χ3n) is 5.07. The van der Waals surface area contributed by atoms with Crippen LogP contribution >= 0.6 is 0 Å². The molecule has 3 aromatic rings. The smallest absolute Gasteiger partial charge is 0.287 e. The lowest BCUT2D eigenvalue weighted by atomic mass is 10.1. The first-order chi connectivity index (χ1) is 15.1. The van der Waals surface area contributed by atoms with Gasteiger partial charge in [0.05, 0.1) is 7.11 Å². The van der Waals surface area contributed by atoms with E-state index in [1.165, 1.54) is 5.56 Å². The molecule has 0 unspecified atom stereocenters. The molecule has 0 spiro atoms. The van der Waals surface area contributed by atoms with E-state index in [1.54, 1.807) is 19.2 Å². The Balaban J connectivity index is 1.53. The Kier molecular flexibility index (Phi) is 8.12. The van der Waals surface area contributed by atoms with Gasteiger partial charge in [-0.3, -0.25) is 9.69 Å². The lowest BCUT2D eigenvalue weighted by Crippen LogP contribution is -2.23. The number of rotatable bonds is 11. The van der Waals surface area contributed by atoms with Crippen molar-refractivity contribution < 1.29 is 18.7 Å². The van der Waals surface area contributed by atoms with Crippen LogP contribution in [-0.2, 0) is 19.7 Å². The molecule has 0 radical (unpaired) electrons. The number of carbonyl (C=O) groups is 1. The Labute approximate surface area is 183 Å². The van der Waals surface area contributed by atoms with Crippen molar-refractivity contribution in [3.8, 4) is 11.5 Å². The van der Waals surface area contributed by atoms with Crippen molar-refractivity contribution in [1.29, 1.82) is 0 Å². The number of benzene rings is 2. The number of nitrogens with one attached hydrogen (secondary N) is 1. The summed E-state index contributed by atoms with van der Waals surface area (Å²) >= 11 is 0. The largest absolute Gasteiger partial charge is 0.493 e. The van der Waals surface area contributed by atoms with Gasteiger partial charge >= 0.3 is 0 Å². The van der Waals surface area contributed by atoms with Gasteiger partial charge in [0.25, 0.3) is 5.91 Å². The molecule has 1 N–H and O–H groups in total. The number of amides is 1. The van der Waals surface area contributed by atoms with E-state index in [4.69, 9.17) is 13.9 Å². The van der Waals surface area contributed by atoms with Crippen LogP contribution < -0.4 is 14.8 Å². The molecule has 6 nitrogen and oxygen atoms in total. The highest BCUT2D eigenvalue weighted by molar-refractivity contribution is 5.91. The lowest BCUT2D eigenvalue weighted by Gasteiger charge is -2.18. The highest BCUT2D eigenvalue weighted by Gasteiger charge is 2.12. The van der Waals surface area contributed by atoms with E-state index in [0.29, 0.717) is 23.8 Å². The van der Waals surface area contributed by atoms with E-state index in [2.05, 4.69) is 36.2 Å². The maximum atomic E-state index is 12.5. The van der Waals surface area contributed by atoms with Gasteiger partial charge in [-0.2, -0.15) is 0 Å². The van der Waals surface area contributed by atoms with Crippen LogP contribution in [0.5, 0.6) is 11.5 Å². The zero-order valence-corrected chi connectivity index (χ0v) is 18.4. The van der Waals surface area contributed by atoms with Crippen LogP contribution in [0.1, 0.15) is 41.3 Å². The van der Waals surface area contributed by atoms with Gasteiger partial charge in [-0.15, -0.1) is 0 Å². The maximum absolute atomic E-state index is 12.5. The Hall–Kier alpha value is -3.25. The van der Waals surface area contributed by atoms with Crippen molar-refractivity contribution in [2.75, 3.05) is 20.2 Å². The quantitative estimate of drug-likeness (QED) is 0.488. The third-order valence-corrected chi connectivity index (χ3v) is 5.07. The average molecular weight is 423 g/mol. The molecule has 0 saturated carbocycles. The molecule has 3 rings (SSSR count). The van der Waals surface area contributed by atoms with Gasteiger partial charge in [-0.05, 0) is 48.5 Å². The summed E-state index contributed by atoms with van der Waals surface area (Å²) in [6, 6.07) is 19.1. The Morgan fingerprint density at radius 2 is 1.71 bits per heavy atom. The highest BCUT2D eigenvalue weighted by atomic mass is 16.5. The van der Waals surface area contributed by atoms with Crippen LogP contribution in [0.25, 0.3) is 0 Å². The van der Waals surface area contributed by atoms with Crippen LogP contribution in [-0.4, -0.2) is 31.0 Å². The van der Waals surface area contributed by atoms with Gasteiger partial charge in [-0.1, -0.05) is 50.2 Å². The summed E-state index contributed by atoms with van der Waals surface area (Å²) < 4.78 is 16.7. The summed E-state index contributed by atoms with van der Waals surface area (Å²) in [6.45, 7) is 7.90. The molecule has 0 fully saturated rings. The van der Waals surface area contributed by atoms with Crippen LogP contribution in [0.15, 0.2) is 65.1 Å². The molecule has 0 saturated heterocycles. The fraction of sp³-hybridized carbons (Fsp3) is 0.320. The molecule has 0 bridgehead atoms. The molecule has 1 amide bonds. The van der Waals surface area contributed by atoms with Gasteiger partial charge in [0, 0.05) is 13.1 Å². The zero-order valence-electron chi connectivity index (χ0n) is 18.4. The number of carbonyl (C=O) groups excluding carboxylic acids is 1. The average Bonchev–Trinajstić information content (AvgIpc) is 3.29. The highest BCUT2D eigenvalue weighted by Crippen LogP contribution is 2.26. The number of hydrogen-bond acceptors (Lipinski definition) is 5. The minimum atomic E-state index is -0.252. The predicted molar refractivity (Wildman–Crippen MR) is 120 cm³/mol. The Bertz CT molecular complexity index is 979. The van der Waals surface area contributed by atoms with E-state index in [1.807, 2.05) is 36.4 Å². The van der Waals surface area contributed by atoms with Crippen LogP contribution in [0.4, 0.5) is 0 Å². The predicted octanol–water partition coefficient (Wildman–Crippen LogP) is 4.64. The summed E-state index contributed by atoms with van der Waals surface area (Å²) in [6.07, 6.45) is 0. The summed E-state index contributed by atoms with van der Waals surface area (Å²) in [5, 5.41) is 2.92. The van der Waals surface area contributed by atoms with Gasteiger partial charge in [0.1, 0.15) is 12.4 Å². The van der Waals surface area contributed by atoms with Crippen LogP contribution in [0.3, 0.4) is 0 Å². The van der Waals surface area contributed by atoms with Crippen molar-refractivity contribution in [3.05, 3.63) is 83.3 Å². The van der Waals surface area contributed by atoms with Gasteiger partial charge in [-0.25, -0.2) is 0 Å². The monoisotopic (exact) mass is 422 g/mol. The van der Waals surface area contributed by atoms with Crippen molar-refractivity contribution >= 4 is 5.91 Å². The van der Waals surface area contributed by atoms with Crippen LogP contribution in [0.2, 0.25) is 0 Å². The van der Waals surface area contributed by atoms with Crippen molar-refractivity contribution in [2.45, 2.75) is 33.5 Å². The first-order valence-corrected chi connectivity index (χ1v) is 10.6. The van der Waals surface area contributed by atoms with E-state index in [-0.39, 0.29) is 18.3 Å². The molecular formula is C25H30N2O4. The van der Waals surface area contributed by atoms with E-state index >= 15 is 0 Å². The summed E-state index contributed by atoms with van der Waals surface area (Å²) in [5.41, 5.74) is 2.30. The Morgan fingerprint density at radius 1 is 0.968 bits per heavy atom. The van der Waals surface area contributed by atoms with Gasteiger partial charge in [0.15, 0.2) is 17.3 Å². The van der Waals surface area contributed by atoms with Crippen molar-refractivity contribution in [3.63, 3.8) is 0 Å². The SMILES string of the molecule is CCN(CC)Cc1cccc(CNC(=O)c2ccc(COc3ccccc3OC)o2)c1. The molecular weight excluding hydrogens is 392 g/mol. The lowest BCUT2D eigenvalue weighted by molar-refractivity contribution is 0.0919. The minimum Gasteiger partial charge on any atom is -0.493 e. The summed E-state index contributed by atoms with van der Waals surface area (Å²) in [4.78, 5) is 14.8. The summed E-state index contributed by atoms with van der Waals surface area (Å²) in [7, 11) is 1.59. The standard InChI is InChI=1S/C25H30N2O4/c1-4-27(5-2)17-20-10-8-9-19(15-20)16-26-25(28)24-14-13-21(31-24)18-30-23-12-7-6-11-22(23)29-3/h6-15H,4-5,16-18H2,1-3H3,(H,26,28). The first-order valence-electron chi connectivity index (χ1n) is 10.6. The molecule has 0 atom stereocenters. The molecule has 0 aliphatic carbocycles. The molecule has 31 heavy (non-hydrogen) atoms. The first kappa shape index (κ1) is 22.4. The number of hydrogen-bond donors (Lipinski definition) is 1. The number of furan rings is 1.